The predicted octanol–water partition coefficient (Wildman–Crippen LogP) is 1.48. The van der Waals surface area contributed by atoms with E-state index in [1.165, 1.54) is 0 Å². The maximum absolute atomic E-state index is 11.6. The average Bonchev–Trinajstić information content (AvgIpc) is 2.26. The first-order valence-electron chi connectivity index (χ1n) is 5.66. The molecule has 0 bridgehead atoms. The maximum atomic E-state index is 11.6. The van der Waals surface area contributed by atoms with E-state index in [9.17, 15) is 4.79 Å². The van der Waals surface area contributed by atoms with Crippen LogP contribution in [0.4, 0.5) is 4.79 Å². The molecule has 1 aliphatic heterocycles. The minimum absolute atomic E-state index is 0.161. The Balaban J connectivity index is 2.32. The molecule has 0 radical (unpaired) electrons. The Bertz CT molecular complexity index is 206. The van der Waals surface area contributed by atoms with Gasteiger partial charge in [0.1, 0.15) is 0 Å². The van der Waals surface area contributed by atoms with Gasteiger partial charge in [-0.05, 0) is 24.7 Å². The number of aliphatic hydroxyl groups is 1. The van der Waals surface area contributed by atoms with E-state index in [0.717, 1.165) is 19.4 Å². The van der Waals surface area contributed by atoms with Gasteiger partial charge >= 0.3 is 6.09 Å². The Hall–Kier alpha value is -0.770. The molecular formula is C11H21NO3. The molecule has 1 saturated heterocycles. The lowest BCUT2D eigenvalue weighted by molar-refractivity contribution is 0.0662. The van der Waals surface area contributed by atoms with Crippen LogP contribution in [0.1, 0.15) is 26.7 Å². The van der Waals surface area contributed by atoms with Gasteiger partial charge in [-0.15, -0.1) is 0 Å². The summed E-state index contributed by atoms with van der Waals surface area (Å²) < 4.78 is 5.14. The van der Waals surface area contributed by atoms with E-state index in [1.807, 2.05) is 13.8 Å². The van der Waals surface area contributed by atoms with Crippen molar-refractivity contribution in [2.75, 3.05) is 26.3 Å². The van der Waals surface area contributed by atoms with Crippen molar-refractivity contribution in [1.82, 2.24) is 4.90 Å². The molecule has 1 aliphatic rings. The van der Waals surface area contributed by atoms with Crippen LogP contribution in [0.15, 0.2) is 0 Å². The highest BCUT2D eigenvalue weighted by molar-refractivity contribution is 5.67. The third-order valence-corrected chi connectivity index (χ3v) is 2.58. The van der Waals surface area contributed by atoms with Crippen molar-refractivity contribution in [2.45, 2.75) is 26.7 Å². The first-order valence-corrected chi connectivity index (χ1v) is 5.66. The number of carbonyl (C=O) groups excluding carboxylic acids is 1. The number of rotatable bonds is 3. The number of nitrogens with zero attached hydrogens (tertiary/aromatic N) is 1. The van der Waals surface area contributed by atoms with Crippen molar-refractivity contribution >= 4 is 6.09 Å². The second-order valence-corrected chi connectivity index (χ2v) is 4.61. The van der Waals surface area contributed by atoms with E-state index in [-0.39, 0.29) is 18.6 Å². The van der Waals surface area contributed by atoms with Crippen molar-refractivity contribution in [3.63, 3.8) is 0 Å². The number of piperidine rings is 1. The molecule has 88 valence electrons. The summed E-state index contributed by atoms with van der Waals surface area (Å²) >= 11 is 0. The van der Waals surface area contributed by atoms with E-state index in [2.05, 4.69) is 0 Å². The number of carbonyl (C=O) groups is 1. The lowest BCUT2D eigenvalue weighted by Gasteiger charge is -2.31. The van der Waals surface area contributed by atoms with Gasteiger partial charge in [0.15, 0.2) is 0 Å². The Kier molecular flexibility index (Phi) is 4.88. The Morgan fingerprint density at radius 2 is 2.33 bits per heavy atom. The number of hydrogen-bond donors (Lipinski definition) is 1. The monoisotopic (exact) mass is 215 g/mol. The molecule has 1 heterocycles. The molecule has 1 rings (SSSR count). The molecule has 1 atom stereocenters. The highest BCUT2D eigenvalue weighted by Crippen LogP contribution is 2.16. The number of aliphatic hydroxyl groups excluding tert-OH is 1. The van der Waals surface area contributed by atoms with Crippen molar-refractivity contribution in [3.8, 4) is 0 Å². The summed E-state index contributed by atoms with van der Waals surface area (Å²) in [5.41, 5.74) is 0. The normalized spacial score (nSPS) is 21.9. The van der Waals surface area contributed by atoms with E-state index in [4.69, 9.17) is 9.84 Å². The highest BCUT2D eigenvalue weighted by atomic mass is 16.6. The Morgan fingerprint density at radius 3 is 2.93 bits per heavy atom. The van der Waals surface area contributed by atoms with Crippen molar-refractivity contribution < 1.29 is 14.6 Å². The van der Waals surface area contributed by atoms with E-state index in [0.29, 0.717) is 19.1 Å². The summed E-state index contributed by atoms with van der Waals surface area (Å²) in [6.07, 6.45) is 1.73. The molecule has 0 saturated carbocycles. The van der Waals surface area contributed by atoms with Gasteiger partial charge < -0.3 is 14.7 Å². The molecule has 0 aromatic heterocycles. The zero-order valence-corrected chi connectivity index (χ0v) is 9.61. The van der Waals surface area contributed by atoms with Crippen LogP contribution in [-0.2, 0) is 4.74 Å². The minimum Gasteiger partial charge on any atom is -0.449 e. The zero-order valence-electron chi connectivity index (χ0n) is 9.61. The third-order valence-electron chi connectivity index (χ3n) is 2.58. The Labute approximate surface area is 91.2 Å². The molecule has 1 fully saturated rings. The number of hydrogen-bond acceptors (Lipinski definition) is 3. The molecule has 0 spiro atoms. The minimum atomic E-state index is -0.234. The largest absolute Gasteiger partial charge is 0.449 e. The molecule has 1 N–H and O–H groups in total. The van der Waals surface area contributed by atoms with Gasteiger partial charge in [0.25, 0.3) is 0 Å². The van der Waals surface area contributed by atoms with Crippen LogP contribution in [0.3, 0.4) is 0 Å². The quantitative estimate of drug-likeness (QED) is 0.776. The zero-order chi connectivity index (χ0) is 11.3. The first kappa shape index (κ1) is 12.3. The molecule has 1 unspecified atom stereocenters. The average molecular weight is 215 g/mol. The standard InChI is InChI=1S/C11H21NO3/c1-9(2)8-15-11(14)12-5-3-4-10(6-12)7-13/h9-10,13H,3-8H2,1-2H3. The summed E-state index contributed by atoms with van der Waals surface area (Å²) in [4.78, 5) is 13.3. The predicted molar refractivity (Wildman–Crippen MR) is 57.6 cm³/mol. The SMILES string of the molecule is CC(C)COC(=O)N1CCCC(CO)C1. The number of ether oxygens (including phenoxy) is 1. The van der Waals surface area contributed by atoms with Crippen LogP contribution >= 0.6 is 0 Å². The Morgan fingerprint density at radius 1 is 1.60 bits per heavy atom. The smallest absolute Gasteiger partial charge is 0.409 e. The van der Waals surface area contributed by atoms with Gasteiger partial charge in [-0.1, -0.05) is 13.8 Å². The molecule has 0 aromatic rings. The van der Waals surface area contributed by atoms with Crippen LogP contribution in [0.25, 0.3) is 0 Å². The van der Waals surface area contributed by atoms with Crippen LogP contribution < -0.4 is 0 Å². The lowest BCUT2D eigenvalue weighted by atomic mass is 10.00. The van der Waals surface area contributed by atoms with E-state index >= 15 is 0 Å². The summed E-state index contributed by atoms with van der Waals surface area (Å²) in [6, 6.07) is 0. The lowest BCUT2D eigenvalue weighted by Crippen LogP contribution is -2.41. The molecule has 4 nitrogen and oxygen atoms in total. The van der Waals surface area contributed by atoms with Crippen LogP contribution in [0, 0.1) is 11.8 Å². The highest BCUT2D eigenvalue weighted by Gasteiger charge is 2.24. The van der Waals surface area contributed by atoms with Crippen molar-refractivity contribution in [2.24, 2.45) is 11.8 Å². The van der Waals surface area contributed by atoms with Gasteiger partial charge in [0.2, 0.25) is 0 Å². The van der Waals surface area contributed by atoms with Gasteiger partial charge in [0.05, 0.1) is 6.61 Å². The molecule has 1 amide bonds. The fourth-order valence-corrected chi connectivity index (χ4v) is 1.71. The second kappa shape index (κ2) is 5.95. The van der Waals surface area contributed by atoms with Crippen LogP contribution in [-0.4, -0.2) is 42.4 Å². The molecule has 0 aromatic carbocycles. The molecule has 15 heavy (non-hydrogen) atoms. The van der Waals surface area contributed by atoms with Gasteiger partial charge in [-0.25, -0.2) is 4.79 Å². The first-order chi connectivity index (χ1) is 7.13. The second-order valence-electron chi connectivity index (χ2n) is 4.61. The van der Waals surface area contributed by atoms with Crippen LogP contribution in [0.5, 0.6) is 0 Å². The summed E-state index contributed by atoms with van der Waals surface area (Å²) in [5.74, 6) is 0.595. The fourth-order valence-electron chi connectivity index (χ4n) is 1.71. The van der Waals surface area contributed by atoms with E-state index < -0.39 is 0 Å². The maximum Gasteiger partial charge on any atom is 0.409 e. The van der Waals surface area contributed by atoms with Crippen LogP contribution in [0.2, 0.25) is 0 Å². The molecule has 0 aliphatic carbocycles. The third kappa shape index (κ3) is 4.08. The summed E-state index contributed by atoms with van der Waals surface area (Å²) in [5, 5.41) is 9.03. The van der Waals surface area contributed by atoms with Crippen molar-refractivity contribution in [3.05, 3.63) is 0 Å². The number of likely N-dealkylation sites (tertiary alicyclic amines) is 1. The summed E-state index contributed by atoms with van der Waals surface area (Å²) in [6.45, 7) is 6.05. The topological polar surface area (TPSA) is 49.8 Å². The number of amides is 1. The van der Waals surface area contributed by atoms with Gasteiger partial charge in [0, 0.05) is 19.7 Å². The molecular weight excluding hydrogens is 194 g/mol. The van der Waals surface area contributed by atoms with E-state index in [1.54, 1.807) is 4.90 Å². The molecule has 4 heteroatoms. The fraction of sp³-hybridized carbons (Fsp3) is 0.909. The summed E-state index contributed by atoms with van der Waals surface area (Å²) in [7, 11) is 0. The van der Waals surface area contributed by atoms with Crippen molar-refractivity contribution in [1.29, 1.82) is 0 Å². The van der Waals surface area contributed by atoms with Gasteiger partial charge in [-0.2, -0.15) is 0 Å². The van der Waals surface area contributed by atoms with Gasteiger partial charge in [-0.3, -0.25) is 0 Å².